The number of aromatic nitrogens is 3. The standard InChI is InChI=1S/C28H33N5O3/c1-20-15-33(21(2)18-34)28(35)25-11-23(10-9-22-7-5-4-6-8-22)14-31-27(25)36-26(20)17-32(3)16-24-12-29-19-30-13-24/h4-14,19-21,26,34H,15-18H2,1-3H3/b10-9+/t20-,21-,26-/m1/s1. The van der Waals surface area contributed by atoms with Crippen LogP contribution in [0.1, 0.15) is 40.9 Å². The fraction of sp³-hybridized carbons (Fsp3) is 0.357. The zero-order valence-corrected chi connectivity index (χ0v) is 21.0. The summed E-state index contributed by atoms with van der Waals surface area (Å²) in [5.41, 5.74) is 3.28. The highest BCUT2D eigenvalue weighted by Crippen LogP contribution is 2.28. The SMILES string of the molecule is C[C@@H]1CN([C@H](C)CO)C(=O)c2cc(/C=C/c3ccccc3)cnc2O[C@@H]1CN(C)Cc1cncnc1. The van der Waals surface area contributed by atoms with Crippen LogP contribution < -0.4 is 4.74 Å². The molecule has 2 aromatic heterocycles. The van der Waals surface area contributed by atoms with Gasteiger partial charge in [-0.15, -0.1) is 0 Å². The lowest BCUT2D eigenvalue weighted by molar-refractivity contribution is 0.0325. The van der Waals surface area contributed by atoms with Gasteiger partial charge in [-0.05, 0) is 31.2 Å². The predicted octanol–water partition coefficient (Wildman–Crippen LogP) is 3.39. The van der Waals surface area contributed by atoms with E-state index in [1.165, 1.54) is 6.33 Å². The number of nitrogens with zero attached hydrogens (tertiary/aromatic N) is 5. The van der Waals surface area contributed by atoms with Crippen molar-refractivity contribution in [1.29, 1.82) is 0 Å². The molecule has 0 saturated carbocycles. The minimum Gasteiger partial charge on any atom is -0.472 e. The molecule has 0 radical (unpaired) electrons. The number of amides is 1. The number of aliphatic hydroxyl groups excluding tert-OH is 1. The van der Waals surface area contributed by atoms with Gasteiger partial charge in [-0.3, -0.25) is 9.69 Å². The lowest BCUT2D eigenvalue weighted by Crippen LogP contribution is -2.49. The molecule has 188 valence electrons. The molecular weight excluding hydrogens is 454 g/mol. The average Bonchev–Trinajstić information content (AvgIpc) is 2.90. The number of carbonyl (C=O) groups is 1. The number of carbonyl (C=O) groups excluding carboxylic acids is 1. The van der Waals surface area contributed by atoms with Crippen LogP contribution in [0, 0.1) is 5.92 Å². The van der Waals surface area contributed by atoms with E-state index in [9.17, 15) is 9.90 Å². The molecule has 4 rings (SSSR count). The lowest BCUT2D eigenvalue weighted by Gasteiger charge is -2.37. The normalized spacial score (nSPS) is 19.0. The first-order chi connectivity index (χ1) is 17.4. The number of pyridine rings is 1. The largest absolute Gasteiger partial charge is 0.472 e. The maximum atomic E-state index is 13.6. The van der Waals surface area contributed by atoms with E-state index in [0.717, 1.165) is 16.7 Å². The molecule has 1 N–H and O–H groups in total. The van der Waals surface area contributed by atoms with Gasteiger partial charge >= 0.3 is 0 Å². The summed E-state index contributed by atoms with van der Waals surface area (Å²) in [5, 5.41) is 9.87. The zero-order valence-electron chi connectivity index (χ0n) is 21.0. The number of likely N-dealkylation sites (N-methyl/N-ethyl adjacent to an activating group) is 1. The van der Waals surface area contributed by atoms with Crippen LogP contribution >= 0.6 is 0 Å². The molecule has 0 unspecified atom stereocenters. The third kappa shape index (κ3) is 6.33. The zero-order chi connectivity index (χ0) is 25.5. The smallest absolute Gasteiger partial charge is 0.259 e. The Morgan fingerprint density at radius 3 is 2.61 bits per heavy atom. The van der Waals surface area contributed by atoms with Crippen LogP contribution in [0.5, 0.6) is 5.88 Å². The van der Waals surface area contributed by atoms with Gasteiger partial charge in [0.1, 0.15) is 18.0 Å². The molecule has 1 aliphatic rings. The number of fused-ring (bicyclic) bond motifs is 1. The highest BCUT2D eigenvalue weighted by atomic mass is 16.5. The van der Waals surface area contributed by atoms with Gasteiger partial charge in [0.05, 0.1) is 12.6 Å². The van der Waals surface area contributed by atoms with Crippen molar-refractivity contribution in [3.05, 3.63) is 83.6 Å². The van der Waals surface area contributed by atoms with E-state index < -0.39 is 0 Å². The Hall–Kier alpha value is -3.62. The number of rotatable bonds is 8. The Morgan fingerprint density at radius 2 is 1.89 bits per heavy atom. The third-order valence-corrected chi connectivity index (χ3v) is 6.37. The Labute approximate surface area is 212 Å². The molecule has 0 aliphatic carbocycles. The van der Waals surface area contributed by atoms with Crippen LogP contribution in [0.4, 0.5) is 0 Å². The molecule has 3 heterocycles. The van der Waals surface area contributed by atoms with E-state index in [2.05, 4.69) is 26.8 Å². The second kappa shape index (κ2) is 11.9. The van der Waals surface area contributed by atoms with Gasteiger partial charge in [0, 0.05) is 49.7 Å². The second-order valence-corrected chi connectivity index (χ2v) is 9.43. The average molecular weight is 488 g/mol. The van der Waals surface area contributed by atoms with Gasteiger partial charge in [0.2, 0.25) is 5.88 Å². The van der Waals surface area contributed by atoms with Gasteiger partial charge < -0.3 is 14.7 Å². The summed E-state index contributed by atoms with van der Waals surface area (Å²) >= 11 is 0. The fourth-order valence-corrected chi connectivity index (χ4v) is 4.28. The molecule has 8 heteroatoms. The molecule has 1 amide bonds. The van der Waals surface area contributed by atoms with Crippen molar-refractivity contribution in [2.24, 2.45) is 5.92 Å². The van der Waals surface area contributed by atoms with E-state index in [0.29, 0.717) is 31.1 Å². The van der Waals surface area contributed by atoms with Crippen molar-refractivity contribution in [3.63, 3.8) is 0 Å². The molecular formula is C28H33N5O3. The van der Waals surface area contributed by atoms with Crippen LogP contribution in [-0.2, 0) is 6.54 Å². The molecule has 0 bridgehead atoms. The second-order valence-electron chi connectivity index (χ2n) is 9.43. The quantitative estimate of drug-likeness (QED) is 0.521. The maximum Gasteiger partial charge on any atom is 0.259 e. The van der Waals surface area contributed by atoms with Gasteiger partial charge in [-0.2, -0.15) is 0 Å². The molecule has 36 heavy (non-hydrogen) atoms. The summed E-state index contributed by atoms with van der Waals surface area (Å²) in [6.45, 7) is 5.58. The molecule has 1 aliphatic heterocycles. The van der Waals surface area contributed by atoms with Crippen LogP contribution in [-0.4, -0.2) is 74.7 Å². The highest BCUT2D eigenvalue weighted by Gasteiger charge is 2.34. The summed E-state index contributed by atoms with van der Waals surface area (Å²) in [5.74, 6) is 0.152. The summed E-state index contributed by atoms with van der Waals surface area (Å²) in [6.07, 6.45) is 10.6. The molecule has 3 atom stereocenters. The summed E-state index contributed by atoms with van der Waals surface area (Å²) in [7, 11) is 2.02. The third-order valence-electron chi connectivity index (χ3n) is 6.37. The van der Waals surface area contributed by atoms with E-state index in [1.54, 1.807) is 23.5 Å². The van der Waals surface area contributed by atoms with Crippen molar-refractivity contribution >= 4 is 18.1 Å². The monoisotopic (exact) mass is 487 g/mol. The number of benzene rings is 1. The molecule has 1 aromatic carbocycles. The lowest BCUT2D eigenvalue weighted by atomic mass is 9.99. The first-order valence-electron chi connectivity index (χ1n) is 12.2. The molecule has 3 aromatic rings. The van der Waals surface area contributed by atoms with Crippen LogP contribution in [0.15, 0.2) is 61.3 Å². The van der Waals surface area contributed by atoms with E-state index in [1.807, 2.05) is 62.5 Å². The number of hydrogen-bond donors (Lipinski definition) is 1. The highest BCUT2D eigenvalue weighted by molar-refractivity contribution is 5.97. The van der Waals surface area contributed by atoms with Crippen molar-refractivity contribution in [2.75, 3.05) is 26.7 Å². The Morgan fingerprint density at radius 1 is 1.17 bits per heavy atom. The van der Waals surface area contributed by atoms with Gasteiger partial charge in [-0.1, -0.05) is 49.4 Å². The Kier molecular flexibility index (Phi) is 8.40. The maximum absolute atomic E-state index is 13.6. The van der Waals surface area contributed by atoms with Crippen LogP contribution in [0.3, 0.4) is 0 Å². The van der Waals surface area contributed by atoms with Crippen molar-refractivity contribution in [3.8, 4) is 5.88 Å². The molecule has 0 spiro atoms. The van der Waals surface area contributed by atoms with E-state index in [4.69, 9.17) is 4.74 Å². The van der Waals surface area contributed by atoms with Crippen molar-refractivity contribution in [1.82, 2.24) is 24.8 Å². The first kappa shape index (κ1) is 25.5. The topological polar surface area (TPSA) is 91.7 Å². The predicted molar refractivity (Wildman–Crippen MR) is 139 cm³/mol. The summed E-state index contributed by atoms with van der Waals surface area (Å²) < 4.78 is 6.39. The summed E-state index contributed by atoms with van der Waals surface area (Å²) in [4.78, 5) is 30.2. The summed E-state index contributed by atoms with van der Waals surface area (Å²) in [6, 6.07) is 11.5. The van der Waals surface area contributed by atoms with E-state index in [-0.39, 0.29) is 30.6 Å². The van der Waals surface area contributed by atoms with Crippen molar-refractivity contribution < 1.29 is 14.6 Å². The van der Waals surface area contributed by atoms with Crippen LogP contribution in [0.2, 0.25) is 0 Å². The number of hydrogen-bond acceptors (Lipinski definition) is 7. The van der Waals surface area contributed by atoms with Gasteiger partial charge in [0.15, 0.2) is 0 Å². The van der Waals surface area contributed by atoms with Crippen molar-refractivity contribution in [2.45, 2.75) is 32.5 Å². The van der Waals surface area contributed by atoms with Gasteiger partial charge in [-0.25, -0.2) is 15.0 Å². The fourth-order valence-electron chi connectivity index (χ4n) is 4.28. The minimum absolute atomic E-state index is 0.0185. The Balaban J connectivity index is 1.61. The Bertz CT molecular complexity index is 1170. The van der Waals surface area contributed by atoms with Gasteiger partial charge in [0.25, 0.3) is 5.91 Å². The first-order valence-corrected chi connectivity index (χ1v) is 12.2. The minimum atomic E-state index is -0.325. The molecule has 0 fully saturated rings. The van der Waals surface area contributed by atoms with Crippen LogP contribution in [0.25, 0.3) is 12.2 Å². The van der Waals surface area contributed by atoms with E-state index >= 15 is 0 Å². The molecule has 0 saturated heterocycles. The number of aliphatic hydroxyl groups is 1. The molecule has 8 nitrogen and oxygen atoms in total. The number of ether oxygens (including phenoxy) is 1.